The summed E-state index contributed by atoms with van der Waals surface area (Å²) in [5.41, 5.74) is 0.933. The smallest absolute Gasteiger partial charge is 0.240 e. The summed E-state index contributed by atoms with van der Waals surface area (Å²) in [6, 6.07) is 11.9. The number of hydrogen-bond donors (Lipinski definition) is 0. The molecule has 22 heavy (non-hydrogen) atoms. The van der Waals surface area contributed by atoms with Crippen LogP contribution in [0.4, 0.5) is 5.69 Å². The number of piperazine rings is 1. The van der Waals surface area contributed by atoms with E-state index >= 15 is 0 Å². The van der Waals surface area contributed by atoms with E-state index in [-0.39, 0.29) is 5.91 Å². The van der Waals surface area contributed by atoms with Crippen molar-refractivity contribution in [2.24, 2.45) is 0 Å². The van der Waals surface area contributed by atoms with Crippen LogP contribution in [-0.2, 0) is 4.79 Å². The number of nitrogens with zero attached hydrogens (tertiary/aromatic N) is 4. The van der Waals surface area contributed by atoms with Crippen LogP contribution in [0.15, 0.2) is 30.3 Å². The lowest BCUT2D eigenvalue weighted by atomic mass is 10.2. The van der Waals surface area contributed by atoms with E-state index in [1.807, 2.05) is 37.4 Å². The van der Waals surface area contributed by atoms with Gasteiger partial charge in [0.05, 0.1) is 12.6 Å². The molecule has 118 valence electrons. The van der Waals surface area contributed by atoms with Gasteiger partial charge in [0, 0.05) is 45.3 Å². The Bertz CT molecular complexity index is 503. The third kappa shape index (κ3) is 4.83. The van der Waals surface area contributed by atoms with Gasteiger partial charge in [0.25, 0.3) is 0 Å². The summed E-state index contributed by atoms with van der Waals surface area (Å²) in [4.78, 5) is 18.6. The number of likely N-dealkylation sites (N-methyl/N-ethyl adjacent to an activating group) is 1. The van der Waals surface area contributed by atoms with Gasteiger partial charge in [-0.1, -0.05) is 18.2 Å². The van der Waals surface area contributed by atoms with Crippen molar-refractivity contribution in [3.63, 3.8) is 0 Å². The Hall–Kier alpha value is -1.90. The maximum atomic E-state index is 12.3. The molecule has 0 bridgehead atoms. The third-order valence-corrected chi connectivity index (χ3v) is 4.10. The monoisotopic (exact) mass is 300 g/mol. The van der Waals surface area contributed by atoms with Crippen molar-refractivity contribution >= 4 is 11.6 Å². The number of amides is 1. The van der Waals surface area contributed by atoms with Gasteiger partial charge in [0.15, 0.2) is 0 Å². The molecule has 2 rings (SSSR count). The predicted octanol–water partition coefficient (Wildman–Crippen LogP) is 1.57. The van der Waals surface area contributed by atoms with E-state index in [9.17, 15) is 4.79 Å². The summed E-state index contributed by atoms with van der Waals surface area (Å²) in [5, 5.41) is 8.56. The van der Waals surface area contributed by atoms with Crippen molar-refractivity contribution in [3.8, 4) is 6.07 Å². The van der Waals surface area contributed by atoms with Crippen molar-refractivity contribution in [2.45, 2.75) is 12.8 Å². The first-order chi connectivity index (χ1) is 10.7. The van der Waals surface area contributed by atoms with Crippen molar-refractivity contribution < 1.29 is 4.79 Å². The fourth-order valence-corrected chi connectivity index (χ4v) is 2.65. The van der Waals surface area contributed by atoms with Crippen LogP contribution in [0.3, 0.4) is 0 Å². The molecule has 1 amide bonds. The van der Waals surface area contributed by atoms with Crippen LogP contribution in [0.2, 0.25) is 0 Å². The second-order valence-electron chi connectivity index (χ2n) is 5.67. The Labute approximate surface area is 132 Å². The van der Waals surface area contributed by atoms with Gasteiger partial charge in [-0.2, -0.15) is 5.26 Å². The fourth-order valence-electron chi connectivity index (χ4n) is 2.65. The highest BCUT2D eigenvalue weighted by Crippen LogP contribution is 2.12. The molecule has 1 aromatic carbocycles. The van der Waals surface area contributed by atoms with Crippen molar-refractivity contribution in [1.29, 1.82) is 5.26 Å². The maximum Gasteiger partial charge on any atom is 0.240 e. The molecule has 0 atom stereocenters. The first kappa shape index (κ1) is 16.5. The molecular weight excluding hydrogens is 276 g/mol. The molecule has 0 spiro atoms. The quantitative estimate of drug-likeness (QED) is 0.748. The van der Waals surface area contributed by atoms with Crippen LogP contribution >= 0.6 is 0 Å². The average molecular weight is 300 g/mol. The minimum atomic E-state index is 0.129. The first-order valence-electron chi connectivity index (χ1n) is 7.84. The number of rotatable bonds is 6. The molecule has 1 aromatic rings. The molecule has 0 aromatic heterocycles. The zero-order valence-electron chi connectivity index (χ0n) is 13.2. The highest BCUT2D eigenvalue weighted by Gasteiger charge is 2.20. The number of carbonyl (C=O) groups excluding carboxylic acids is 1. The molecule has 0 saturated carbocycles. The molecule has 1 aliphatic rings. The lowest BCUT2D eigenvalue weighted by molar-refractivity contribution is -0.119. The van der Waals surface area contributed by atoms with Crippen LogP contribution in [0, 0.1) is 11.3 Å². The molecule has 0 radical (unpaired) electrons. The number of anilines is 1. The lowest BCUT2D eigenvalue weighted by Crippen LogP contribution is -2.49. The molecular formula is C17H24N4O. The van der Waals surface area contributed by atoms with E-state index in [4.69, 9.17) is 5.26 Å². The van der Waals surface area contributed by atoms with Crippen LogP contribution in [0.5, 0.6) is 0 Å². The van der Waals surface area contributed by atoms with Gasteiger partial charge < -0.3 is 9.80 Å². The number of hydrogen-bond acceptors (Lipinski definition) is 4. The third-order valence-electron chi connectivity index (χ3n) is 4.10. The van der Waals surface area contributed by atoms with E-state index < -0.39 is 0 Å². The van der Waals surface area contributed by atoms with Crippen LogP contribution < -0.4 is 4.90 Å². The molecule has 1 heterocycles. The second-order valence-corrected chi connectivity index (χ2v) is 5.67. The SMILES string of the molecule is CN(C(=O)CN1CCN(CCCC#N)CC1)c1ccccc1. The number of benzene rings is 1. The minimum absolute atomic E-state index is 0.129. The Balaban J connectivity index is 1.74. The van der Waals surface area contributed by atoms with E-state index in [1.165, 1.54) is 0 Å². The van der Waals surface area contributed by atoms with Gasteiger partial charge in [-0.3, -0.25) is 9.69 Å². The maximum absolute atomic E-state index is 12.3. The highest BCUT2D eigenvalue weighted by molar-refractivity contribution is 5.94. The van der Waals surface area contributed by atoms with Crippen molar-refractivity contribution in [1.82, 2.24) is 9.80 Å². The van der Waals surface area contributed by atoms with Gasteiger partial charge in [-0.05, 0) is 25.1 Å². The molecule has 1 aliphatic heterocycles. The zero-order valence-corrected chi connectivity index (χ0v) is 13.2. The van der Waals surface area contributed by atoms with Crippen molar-refractivity contribution in [2.75, 3.05) is 51.2 Å². The number of nitriles is 1. The van der Waals surface area contributed by atoms with Gasteiger partial charge >= 0.3 is 0 Å². The summed E-state index contributed by atoms with van der Waals surface area (Å²) >= 11 is 0. The Morgan fingerprint density at radius 3 is 2.45 bits per heavy atom. The molecule has 0 N–H and O–H groups in total. The van der Waals surface area contributed by atoms with E-state index in [0.717, 1.165) is 44.8 Å². The summed E-state index contributed by atoms with van der Waals surface area (Å²) in [7, 11) is 1.83. The molecule has 1 fully saturated rings. The minimum Gasteiger partial charge on any atom is -0.314 e. The van der Waals surface area contributed by atoms with Crippen LogP contribution in [-0.4, -0.2) is 62.0 Å². The number of para-hydroxylation sites is 1. The van der Waals surface area contributed by atoms with Crippen LogP contribution in [0.25, 0.3) is 0 Å². The number of unbranched alkanes of at least 4 members (excludes halogenated alkanes) is 1. The summed E-state index contributed by atoms with van der Waals surface area (Å²) < 4.78 is 0. The molecule has 1 saturated heterocycles. The highest BCUT2D eigenvalue weighted by atomic mass is 16.2. The lowest BCUT2D eigenvalue weighted by Gasteiger charge is -2.34. The Morgan fingerprint density at radius 2 is 1.82 bits per heavy atom. The molecule has 5 nitrogen and oxygen atoms in total. The number of carbonyl (C=O) groups is 1. The molecule has 5 heteroatoms. The van der Waals surface area contributed by atoms with Gasteiger partial charge in [-0.15, -0.1) is 0 Å². The predicted molar refractivity (Wildman–Crippen MR) is 87.6 cm³/mol. The zero-order chi connectivity index (χ0) is 15.8. The second kappa shape index (κ2) is 8.52. The van der Waals surface area contributed by atoms with Crippen molar-refractivity contribution in [3.05, 3.63) is 30.3 Å². The topological polar surface area (TPSA) is 50.6 Å². The molecule has 0 aliphatic carbocycles. The molecule has 0 unspecified atom stereocenters. The fraction of sp³-hybridized carbons (Fsp3) is 0.529. The van der Waals surface area contributed by atoms with Crippen LogP contribution in [0.1, 0.15) is 12.8 Å². The van der Waals surface area contributed by atoms with Gasteiger partial charge in [0.1, 0.15) is 0 Å². The van der Waals surface area contributed by atoms with E-state index in [0.29, 0.717) is 13.0 Å². The standard InChI is InChI=1S/C17H24N4O/c1-19(16-7-3-2-4-8-16)17(22)15-21-13-11-20(12-14-21)10-6-5-9-18/h2-4,7-8H,5-6,10-15H2,1H3. The summed E-state index contributed by atoms with van der Waals surface area (Å²) in [6.07, 6.45) is 1.56. The summed E-state index contributed by atoms with van der Waals surface area (Å²) in [6.45, 7) is 5.25. The average Bonchev–Trinajstić information content (AvgIpc) is 2.57. The van der Waals surface area contributed by atoms with Gasteiger partial charge in [0.2, 0.25) is 5.91 Å². The Kier molecular flexibility index (Phi) is 6.38. The Morgan fingerprint density at radius 1 is 1.18 bits per heavy atom. The van der Waals surface area contributed by atoms with E-state index in [1.54, 1.807) is 4.90 Å². The van der Waals surface area contributed by atoms with E-state index in [2.05, 4.69) is 15.9 Å². The summed E-state index contributed by atoms with van der Waals surface area (Å²) in [5.74, 6) is 0.129. The van der Waals surface area contributed by atoms with Gasteiger partial charge in [-0.25, -0.2) is 0 Å². The largest absolute Gasteiger partial charge is 0.314 e. The first-order valence-corrected chi connectivity index (χ1v) is 7.84. The normalized spacial score (nSPS) is 16.2.